The molecule has 0 saturated heterocycles. The van der Waals surface area contributed by atoms with E-state index in [9.17, 15) is 16.4 Å². The maximum atomic E-state index is 10.5. The molecule has 0 unspecified atom stereocenters. The maximum Gasteiger partial charge on any atom is 0.0667 e. The first kappa shape index (κ1) is 13.5. The van der Waals surface area contributed by atoms with E-state index in [-0.39, 0.29) is 11.1 Å². The molecule has 266 valence electrons. The molecule has 12 aromatic rings. The van der Waals surface area contributed by atoms with Crippen LogP contribution in [-0.4, -0.2) is 13.7 Å². The van der Waals surface area contributed by atoms with Crippen LogP contribution in [0.15, 0.2) is 212 Å². The van der Waals surface area contributed by atoms with Crippen molar-refractivity contribution < 1.29 is 43.9 Å². The van der Waals surface area contributed by atoms with Gasteiger partial charge in [0.15, 0.2) is 0 Å². The number of hydrogen-bond donors (Lipinski definition) is 0. The third-order valence-electron chi connectivity index (χ3n) is 9.52. The first-order valence-electron chi connectivity index (χ1n) is 33.0. The zero-order valence-electron chi connectivity index (χ0n) is 60.6. The predicted molar refractivity (Wildman–Crippen MR) is 240 cm³/mol. The summed E-state index contributed by atoms with van der Waals surface area (Å²) in [5, 5.41) is -3.40. The number of hydrogen-bond acceptors (Lipinski definition) is 0. The molecule has 57 heavy (non-hydrogen) atoms. The molecule has 0 aliphatic heterocycles. The lowest BCUT2D eigenvalue weighted by molar-refractivity contribution is 1.14. The van der Waals surface area contributed by atoms with Gasteiger partial charge in [0.05, 0.1) is 77.0 Å². The monoisotopic (exact) mass is 757 g/mol. The lowest BCUT2D eigenvalue weighted by Gasteiger charge is -2.15. The van der Waals surface area contributed by atoms with Gasteiger partial charge in [-0.1, -0.05) is 145 Å². The smallest absolute Gasteiger partial charge is 0.0667 e. The standard InChI is InChI=1S/C54H35N3/c1-3-15-36(16-4-1)38-31-39(37-17-5-2-6-18-37)33-42(32-38)57-52-26-14-10-22-46(52)48-30-28-41(35-54(48)57)56-51-25-13-9-21-45(51)47-29-27-40(34-53(47)56)55-49-23-11-7-19-43(49)44-20-8-12-24-50(44)55/h1-35H/i1D,2D,3D,4D,5D,6D,7D,8D,9D,10D,11D,12D,13D,14D,15D,16D,17D,18D,19D,20D,21D,22D,23D,24D,25D,26D,27D,28D,29D,30D,34D,35D. The van der Waals surface area contributed by atoms with Gasteiger partial charge in [-0.3, -0.25) is 0 Å². The molecular weight excluding hydrogens is 691 g/mol. The van der Waals surface area contributed by atoms with Crippen LogP contribution < -0.4 is 0 Å². The van der Waals surface area contributed by atoms with Gasteiger partial charge in [-0.25, -0.2) is 0 Å². The van der Waals surface area contributed by atoms with Crippen molar-refractivity contribution in [1.82, 2.24) is 13.7 Å². The molecule has 3 heterocycles. The van der Waals surface area contributed by atoms with E-state index in [1.807, 2.05) is 0 Å². The summed E-state index contributed by atoms with van der Waals surface area (Å²) < 4.78 is 294. The summed E-state index contributed by atoms with van der Waals surface area (Å²) in [6, 6.07) is -25.2. The van der Waals surface area contributed by atoms with Gasteiger partial charge in [0, 0.05) is 49.4 Å². The van der Waals surface area contributed by atoms with Crippen molar-refractivity contribution >= 4 is 65.4 Å². The summed E-state index contributed by atoms with van der Waals surface area (Å²) in [5.74, 6) is 0. The summed E-state index contributed by atoms with van der Waals surface area (Å²) in [6.07, 6.45) is 0. The first-order valence-corrected chi connectivity index (χ1v) is 17.0. The van der Waals surface area contributed by atoms with Crippen LogP contribution in [0.1, 0.15) is 43.9 Å². The Morgan fingerprint density at radius 3 is 0.965 bits per heavy atom. The molecule has 0 bridgehead atoms. The van der Waals surface area contributed by atoms with Crippen molar-refractivity contribution in [2.45, 2.75) is 0 Å². The third-order valence-corrected chi connectivity index (χ3v) is 9.52. The molecule has 0 radical (unpaired) electrons. The van der Waals surface area contributed by atoms with Crippen molar-refractivity contribution in [1.29, 1.82) is 0 Å². The quantitative estimate of drug-likeness (QED) is 0.166. The number of para-hydroxylation sites is 4. The van der Waals surface area contributed by atoms with Gasteiger partial charge in [0.2, 0.25) is 0 Å². The molecule has 3 nitrogen and oxygen atoms in total. The van der Waals surface area contributed by atoms with E-state index in [1.165, 1.54) is 0 Å². The fourth-order valence-electron chi connectivity index (χ4n) is 7.17. The highest BCUT2D eigenvalue weighted by Crippen LogP contribution is 2.40. The average molecular weight is 758 g/mol. The van der Waals surface area contributed by atoms with Gasteiger partial charge in [-0.05, 0) is 88.8 Å². The van der Waals surface area contributed by atoms with Crippen molar-refractivity contribution in [3.63, 3.8) is 0 Å². The van der Waals surface area contributed by atoms with Crippen LogP contribution in [-0.2, 0) is 0 Å². The van der Waals surface area contributed by atoms with Crippen molar-refractivity contribution in [2.24, 2.45) is 0 Å². The van der Waals surface area contributed by atoms with E-state index >= 15 is 0 Å². The second kappa shape index (κ2) is 12.5. The molecular formula is C54H35N3. The highest BCUT2D eigenvalue weighted by Gasteiger charge is 2.19. The molecule has 9 aromatic carbocycles. The fourth-order valence-corrected chi connectivity index (χ4v) is 7.17. The van der Waals surface area contributed by atoms with E-state index in [4.69, 9.17) is 27.4 Å². The normalized spacial score (nSPS) is 19.7. The Morgan fingerprint density at radius 1 is 0.246 bits per heavy atom. The van der Waals surface area contributed by atoms with Crippen LogP contribution in [0.25, 0.3) is 105 Å². The minimum atomic E-state index is -1.06. The summed E-state index contributed by atoms with van der Waals surface area (Å²) in [4.78, 5) is 0. The second-order valence-electron chi connectivity index (χ2n) is 12.6. The Kier molecular flexibility index (Phi) is 2.96. The van der Waals surface area contributed by atoms with Crippen LogP contribution in [0, 0.1) is 0 Å². The predicted octanol–water partition coefficient (Wildman–Crippen LogP) is 14.3. The zero-order valence-corrected chi connectivity index (χ0v) is 28.6. The Hall–Kier alpha value is -7.62. The Labute approximate surface area is 374 Å². The van der Waals surface area contributed by atoms with Crippen LogP contribution in [0.5, 0.6) is 0 Å². The van der Waals surface area contributed by atoms with Crippen molar-refractivity contribution in [2.75, 3.05) is 0 Å². The van der Waals surface area contributed by atoms with Gasteiger partial charge >= 0.3 is 0 Å². The number of rotatable bonds is 5. The van der Waals surface area contributed by atoms with Crippen LogP contribution >= 0.6 is 0 Å². The molecule has 3 heteroatoms. The third kappa shape index (κ3) is 4.86. The van der Waals surface area contributed by atoms with Gasteiger partial charge in [0.1, 0.15) is 0 Å². The van der Waals surface area contributed by atoms with Gasteiger partial charge < -0.3 is 13.7 Å². The molecule has 3 aromatic heterocycles. The molecule has 0 aliphatic rings. The molecule has 0 amide bonds. The highest BCUT2D eigenvalue weighted by molar-refractivity contribution is 6.13. The van der Waals surface area contributed by atoms with Crippen LogP contribution in [0.4, 0.5) is 0 Å². The molecule has 0 aliphatic carbocycles. The Morgan fingerprint density at radius 2 is 0.561 bits per heavy atom. The van der Waals surface area contributed by atoms with Crippen LogP contribution in [0.3, 0.4) is 0 Å². The first-order chi connectivity index (χ1) is 41.6. The zero-order chi connectivity index (χ0) is 65.3. The topological polar surface area (TPSA) is 14.8 Å². The molecule has 0 N–H and O–H groups in total. The van der Waals surface area contributed by atoms with E-state index in [0.717, 1.165) is 31.9 Å². The van der Waals surface area contributed by atoms with Gasteiger partial charge in [-0.15, -0.1) is 0 Å². The average Bonchev–Trinajstić information content (AvgIpc) is 1.54. The largest absolute Gasteiger partial charge is 0.309 e. The maximum absolute atomic E-state index is 10.5. The lowest BCUT2D eigenvalue weighted by Crippen LogP contribution is -1.99. The SMILES string of the molecule is [2H]c1c([2H])c([2H])c(-c2cc(-c3c([2H])c([2H])c([2H])c([2H])c3[2H])cc(-n3c4c([2H])c([2H])c([2H])c([2H])c4c4c([2H])c([2H])c(-n5c6c([2H])c([2H])c([2H])c([2H])c6c6c([2H])c([2H])c(-n7c8c([2H])c([2H])c([2H])c([2H])c8c8c([2H])c([2H])c([2H])c([2H])c87)c([2H])c65)c([2H])c43)c2)c([2H])c1[2H]. The molecule has 0 spiro atoms. The number of benzene rings is 9. The molecule has 12 rings (SSSR count). The minimum Gasteiger partial charge on any atom is -0.309 e. The lowest BCUT2D eigenvalue weighted by atomic mass is 9.98. The van der Waals surface area contributed by atoms with Crippen LogP contribution in [0.2, 0.25) is 0 Å². The molecule has 0 fully saturated rings. The summed E-state index contributed by atoms with van der Waals surface area (Å²) in [6.45, 7) is 0. The molecule has 0 saturated carbocycles. The van der Waals surface area contributed by atoms with E-state index < -0.39 is 287 Å². The van der Waals surface area contributed by atoms with Crippen molar-refractivity contribution in [3.8, 4) is 39.3 Å². The van der Waals surface area contributed by atoms with Crippen molar-refractivity contribution in [3.05, 3.63) is 212 Å². The van der Waals surface area contributed by atoms with E-state index in [2.05, 4.69) is 0 Å². The number of fused-ring (bicyclic) bond motifs is 9. The van der Waals surface area contributed by atoms with E-state index in [0.29, 0.717) is 0 Å². The van der Waals surface area contributed by atoms with Gasteiger partial charge in [0.25, 0.3) is 0 Å². The second-order valence-corrected chi connectivity index (χ2v) is 12.6. The summed E-state index contributed by atoms with van der Waals surface area (Å²) in [5.41, 5.74) is -7.90. The highest BCUT2D eigenvalue weighted by atomic mass is 15.0. The number of aromatic nitrogens is 3. The molecule has 0 atom stereocenters. The van der Waals surface area contributed by atoms with E-state index in [1.54, 1.807) is 0 Å². The fraction of sp³-hybridized carbons (Fsp3) is 0. The van der Waals surface area contributed by atoms with Gasteiger partial charge in [-0.2, -0.15) is 0 Å². The Balaban J connectivity index is 1.35. The Bertz CT molecular complexity index is 5180. The summed E-state index contributed by atoms with van der Waals surface area (Å²) >= 11 is 0. The number of nitrogens with zero attached hydrogens (tertiary/aromatic N) is 3. The minimum absolute atomic E-state index is 0.342. The summed E-state index contributed by atoms with van der Waals surface area (Å²) in [7, 11) is 0.